The van der Waals surface area contributed by atoms with Crippen molar-refractivity contribution in [3.8, 4) is 0 Å². The van der Waals surface area contributed by atoms with E-state index >= 15 is 0 Å². The van der Waals surface area contributed by atoms with Crippen molar-refractivity contribution in [1.82, 2.24) is 0 Å². The molecule has 0 spiro atoms. The van der Waals surface area contributed by atoms with Gasteiger partial charge in [0, 0.05) is 6.42 Å². The third-order valence-corrected chi connectivity index (χ3v) is 2.07. The average Bonchev–Trinajstić information content (AvgIpc) is 1.97. The molecular formula is C7H13IO3. The second-order valence-corrected chi connectivity index (χ2v) is 3.35. The van der Waals surface area contributed by atoms with E-state index in [-0.39, 0.29) is 5.76 Å². The molecule has 11 heavy (non-hydrogen) atoms. The summed E-state index contributed by atoms with van der Waals surface area (Å²) in [6, 6.07) is 0. The van der Waals surface area contributed by atoms with Gasteiger partial charge in [-0.15, -0.1) is 0 Å². The van der Waals surface area contributed by atoms with Crippen molar-refractivity contribution in [3.05, 3.63) is 11.7 Å². The fourth-order valence-corrected chi connectivity index (χ4v) is 1.21. The lowest BCUT2D eigenvalue weighted by Crippen LogP contribution is -1.89. The van der Waals surface area contributed by atoms with Crippen molar-refractivity contribution in [2.75, 3.05) is 4.43 Å². The van der Waals surface area contributed by atoms with Crippen LogP contribution in [0.5, 0.6) is 0 Å². The predicted molar refractivity (Wildman–Crippen MR) is 52.3 cm³/mol. The maximum absolute atomic E-state index is 8.80. The van der Waals surface area contributed by atoms with Gasteiger partial charge < -0.3 is 15.3 Å². The highest BCUT2D eigenvalue weighted by molar-refractivity contribution is 14.1. The third-order valence-electron chi connectivity index (χ3n) is 1.31. The molecule has 0 amide bonds. The molecule has 0 aliphatic carbocycles. The number of halogens is 1. The molecule has 0 saturated carbocycles. The van der Waals surface area contributed by atoms with E-state index < -0.39 is 5.95 Å². The van der Waals surface area contributed by atoms with Crippen LogP contribution < -0.4 is 0 Å². The van der Waals surface area contributed by atoms with Crippen LogP contribution in [0.4, 0.5) is 0 Å². The van der Waals surface area contributed by atoms with E-state index in [9.17, 15) is 0 Å². The molecule has 4 heteroatoms. The highest BCUT2D eigenvalue weighted by atomic mass is 127. The largest absolute Gasteiger partial charge is 0.506 e. The number of hydrogen-bond donors (Lipinski definition) is 3. The smallest absolute Gasteiger partial charge is 0.313 e. The van der Waals surface area contributed by atoms with Crippen LogP contribution in [0.1, 0.15) is 25.7 Å². The Balaban J connectivity index is 3.32. The molecule has 0 rings (SSSR count). The van der Waals surface area contributed by atoms with Gasteiger partial charge in [0.15, 0.2) is 5.76 Å². The number of hydrogen-bond acceptors (Lipinski definition) is 3. The van der Waals surface area contributed by atoms with E-state index in [0.29, 0.717) is 6.42 Å². The first-order chi connectivity index (χ1) is 5.18. The molecule has 0 fully saturated rings. The van der Waals surface area contributed by atoms with Gasteiger partial charge in [-0.1, -0.05) is 29.0 Å². The minimum absolute atomic E-state index is 0.307. The Morgan fingerprint density at radius 3 is 2.09 bits per heavy atom. The molecular weight excluding hydrogens is 259 g/mol. The zero-order valence-corrected chi connectivity index (χ0v) is 8.41. The quantitative estimate of drug-likeness (QED) is 0.312. The number of allylic oxidation sites excluding steroid dienone is 1. The molecule has 0 aromatic heterocycles. The van der Waals surface area contributed by atoms with Crippen molar-refractivity contribution in [2.24, 2.45) is 0 Å². The molecule has 3 nitrogen and oxygen atoms in total. The first-order valence-corrected chi connectivity index (χ1v) is 5.07. The van der Waals surface area contributed by atoms with Gasteiger partial charge in [0.1, 0.15) is 0 Å². The molecule has 0 saturated heterocycles. The summed E-state index contributed by atoms with van der Waals surface area (Å²) in [7, 11) is 0. The van der Waals surface area contributed by atoms with Gasteiger partial charge in [-0.25, -0.2) is 0 Å². The minimum atomic E-state index is -0.945. The fourth-order valence-electron chi connectivity index (χ4n) is 0.676. The van der Waals surface area contributed by atoms with E-state index in [1.807, 2.05) is 0 Å². The van der Waals surface area contributed by atoms with Crippen molar-refractivity contribution in [1.29, 1.82) is 0 Å². The molecule has 0 radical (unpaired) electrons. The molecule has 0 bridgehead atoms. The van der Waals surface area contributed by atoms with Crippen LogP contribution in [-0.4, -0.2) is 19.7 Å². The molecule has 0 heterocycles. The number of unbranched alkanes of at least 4 members (excludes halogenated alkanes) is 2. The van der Waals surface area contributed by atoms with Crippen LogP contribution >= 0.6 is 22.6 Å². The van der Waals surface area contributed by atoms with Crippen LogP contribution in [-0.2, 0) is 0 Å². The first-order valence-electron chi connectivity index (χ1n) is 3.54. The predicted octanol–water partition coefficient (Wildman–Crippen LogP) is 2.82. The summed E-state index contributed by atoms with van der Waals surface area (Å²) >= 11 is 2.28. The van der Waals surface area contributed by atoms with Crippen LogP contribution in [0.25, 0.3) is 0 Å². The minimum Gasteiger partial charge on any atom is -0.506 e. The molecule has 0 atom stereocenters. The van der Waals surface area contributed by atoms with Crippen LogP contribution in [0.3, 0.4) is 0 Å². The van der Waals surface area contributed by atoms with Gasteiger partial charge in [-0.2, -0.15) is 0 Å². The van der Waals surface area contributed by atoms with Gasteiger partial charge in [-0.05, 0) is 17.3 Å². The molecule has 0 aromatic carbocycles. The molecule has 0 aliphatic heterocycles. The SMILES string of the molecule is OC(O)=C(O)CCCCCI. The summed E-state index contributed by atoms with van der Waals surface area (Å²) in [4.78, 5) is 0. The Bertz CT molecular complexity index is 130. The second-order valence-electron chi connectivity index (χ2n) is 2.27. The third kappa shape index (κ3) is 6.28. The van der Waals surface area contributed by atoms with Gasteiger partial charge in [0.25, 0.3) is 0 Å². The zero-order valence-electron chi connectivity index (χ0n) is 6.26. The average molecular weight is 272 g/mol. The lowest BCUT2D eigenvalue weighted by atomic mass is 10.2. The topological polar surface area (TPSA) is 60.7 Å². The Hall–Kier alpha value is -0.130. The highest BCUT2D eigenvalue weighted by Crippen LogP contribution is 2.08. The van der Waals surface area contributed by atoms with Crippen molar-refractivity contribution >= 4 is 22.6 Å². The maximum atomic E-state index is 8.80. The Morgan fingerprint density at radius 1 is 1.00 bits per heavy atom. The summed E-state index contributed by atoms with van der Waals surface area (Å²) in [5.74, 6) is -1.25. The van der Waals surface area contributed by atoms with Gasteiger partial charge >= 0.3 is 5.95 Å². The van der Waals surface area contributed by atoms with E-state index in [2.05, 4.69) is 22.6 Å². The standard InChI is InChI=1S/C7H13IO3/c8-5-3-1-2-4-6(9)7(10)11/h9-11H,1-5H2. The summed E-state index contributed by atoms with van der Waals surface area (Å²) in [6.07, 6.45) is 3.29. The van der Waals surface area contributed by atoms with Crippen LogP contribution in [0.2, 0.25) is 0 Å². The molecule has 66 valence electrons. The Labute approximate surface area is 79.9 Å². The number of rotatable bonds is 5. The Morgan fingerprint density at radius 2 is 1.64 bits per heavy atom. The van der Waals surface area contributed by atoms with Gasteiger partial charge in [-0.3, -0.25) is 0 Å². The van der Waals surface area contributed by atoms with Crippen LogP contribution in [0, 0.1) is 0 Å². The van der Waals surface area contributed by atoms with Crippen LogP contribution in [0.15, 0.2) is 11.7 Å². The summed E-state index contributed by atoms with van der Waals surface area (Å²) < 4.78 is 1.10. The summed E-state index contributed by atoms with van der Waals surface area (Å²) in [5.41, 5.74) is 0. The van der Waals surface area contributed by atoms with Gasteiger partial charge in [0.2, 0.25) is 0 Å². The highest BCUT2D eigenvalue weighted by Gasteiger charge is 2.00. The maximum Gasteiger partial charge on any atom is 0.313 e. The van der Waals surface area contributed by atoms with Crippen molar-refractivity contribution in [2.45, 2.75) is 25.7 Å². The molecule has 0 unspecified atom stereocenters. The molecule has 0 aromatic rings. The van der Waals surface area contributed by atoms with Gasteiger partial charge in [0.05, 0.1) is 0 Å². The summed E-state index contributed by atoms with van der Waals surface area (Å²) in [6.45, 7) is 0. The van der Waals surface area contributed by atoms with E-state index in [4.69, 9.17) is 15.3 Å². The fraction of sp³-hybridized carbons (Fsp3) is 0.714. The first kappa shape index (κ1) is 10.9. The summed E-state index contributed by atoms with van der Waals surface area (Å²) in [5, 5.41) is 25.5. The zero-order chi connectivity index (χ0) is 8.69. The molecule has 3 N–H and O–H groups in total. The monoisotopic (exact) mass is 272 g/mol. The number of aliphatic hydroxyl groups excluding tert-OH is 2. The number of aliphatic hydroxyl groups is 3. The lowest BCUT2D eigenvalue weighted by Gasteiger charge is -1.98. The van der Waals surface area contributed by atoms with Crippen molar-refractivity contribution in [3.63, 3.8) is 0 Å². The van der Waals surface area contributed by atoms with E-state index in [1.54, 1.807) is 0 Å². The normalized spacial score (nSPS) is 9.55. The lowest BCUT2D eigenvalue weighted by molar-refractivity contribution is 0.153. The Kier molecular flexibility index (Phi) is 6.49. The second kappa shape index (κ2) is 6.57. The van der Waals surface area contributed by atoms with E-state index in [1.165, 1.54) is 0 Å². The molecule has 0 aliphatic rings. The van der Waals surface area contributed by atoms with E-state index in [0.717, 1.165) is 23.7 Å². The number of alkyl halides is 1. The van der Waals surface area contributed by atoms with Crippen molar-refractivity contribution < 1.29 is 15.3 Å².